The Labute approximate surface area is 611 Å². The summed E-state index contributed by atoms with van der Waals surface area (Å²) < 4.78 is 22.9. The molecule has 12 unspecified atom stereocenters. The molecule has 0 spiro atoms. The molecule has 0 aromatic carbocycles. The highest BCUT2D eigenvalue weighted by atomic mass is 16.7. The van der Waals surface area contributed by atoms with Gasteiger partial charge in [-0.1, -0.05) is 356 Å². The molecular formula is C86H155NO13. The molecular weight excluding hydrogens is 1250 g/mol. The predicted molar refractivity (Wildman–Crippen MR) is 415 cm³/mol. The summed E-state index contributed by atoms with van der Waals surface area (Å²) in [4.78, 5) is 13.4. The van der Waals surface area contributed by atoms with Gasteiger partial charge in [0, 0.05) is 6.42 Å². The number of ether oxygens (including phenoxy) is 4. The molecule has 2 saturated heterocycles. The van der Waals surface area contributed by atoms with Crippen molar-refractivity contribution in [2.75, 3.05) is 19.8 Å². The first-order valence-electron chi connectivity index (χ1n) is 41.8. The second-order valence-electron chi connectivity index (χ2n) is 29.2. The number of amides is 1. The lowest BCUT2D eigenvalue weighted by Gasteiger charge is -2.46. The maximum atomic E-state index is 13.4. The average Bonchev–Trinajstić information content (AvgIpc) is 0.791. The SMILES string of the molecule is CC/C=C\C/C=C\C/C=C\C/C=C\CCCCCCCCCCCCCCCCCCCCCCCCCCC(=O)NC(COC1OC(CO)C(OC2OC(CO)C(O)C(O)C2O)C(O)C1O)C(O)/C=C/CC/C=C/CC/C=C/CCCCCCCCCCCCCCCCCCCCC. The molecule has 14 heteroatoms. The maximum absolute atomic E-state index is 13.4. The molecule has 2 fully saturated rings. The number of aliphatic hydroxyl groups excluding tert-OH is 8. The zero-order valence-corrected chi connectivity index (χ0v) is 63.9. The molecule has 0 radical (unpaired) electrons. The van der Waals surface area contributed by atoms with Gasteiger partial charge in [0.05, 0.1) is 32.0 Å². The van der Waals surface area contributed by atoms with Gasteiger partial charge in [0.1, 0.15) is 48.8 Å². The van der Waals surface area contributed by atoms with E-state index in [1.165, 1.54) is 257 Å². The molecule has 0 bridgehead atoms. The van der Waals surface area contributed by atoms with E-state index in [1.54, 1.807) is 6.08 Å². The summed E-state index contributed by atoms with van der Waals surface area (Å²) in [6.07, 6.45) is 81.1. The number of rotatable bonds is 70. The first-order chi connectivity index (χ1) is 49.1. The van der Waals surface area contributed by atoms with Crippen LogP contribution in [0.25, 0.3) is 0 Å². The largest absolute Gasteiger partial charge is 0.394 e. The Morgan fingerprint density at radius 2 is 0.700 bits per heavy atom. The van der Waals surface area contributed by atoms with Crippen molar-refractivity contribution in [1.29, 1.82) is 0 Å². The molecule has 12 atom stereocenters. The van der Waals surface area contributed by atoms with Crippen LogP contribution in [0.4, 0.5) is 0 Å². The molecule has 0 aliphatic carbocycles. The second-order valence-corrected chi connectivity index (χ2v) is 29.2. The zero-order chi connectivity index (χ0) is 72.2. The van der Waals surface area contributed by atoms with Gasteiger partial charge >= 0.3 is 0 Å². The highest BCUT2D eigenvalue weighted by molar-refractivity contribution is 5.76. The van der Waals surface area contributed by atoms with Gasteiger partial charge in [0.25, 0.3) is 0 Å². The average molecular weight is 1410 g/mol. The van der Waals surface area contributed by atoms with E-state index in [-0.39, 0.29) is 18.9 Å². The van der Waals surface area contributed by atoms with E-state index in [0.29, 0.717) is 12.8 Å². The fourth-order valence-corrected chi connectivity index (χ4v) is 13.5. The summed E-state index contributed by atoms with van der Waals surface area (Å²) in [7, 11) is 0. The van der Waals surface area contributed by atoms with Crippen LogP contribution in [-0.4, -0.2) is 140 Å². The minimum Gasteiger partial charge on any atom is -0.394 e. The van der Waals surface area contributed by atoms with Gasteiger partial charge in [0.2, 0.25) is 5.91 Å². The van der Waals surface area contributed by atoms with Gasteiger partial charge in [-0.15, -0.1) is 0 Å². The van der Waals surface area contributed by atoms with Gasteiger partial charge in [-0.25, -0.2) is 0 Å². The fourth-order valence-electron chi connectivity index (χ4n) is 13.5. The third-order valence-corrected chi connectivity index (χ3v) is 20.0. The Bertz CT molecular complexity index is 2010. The van der Waals surface area contributed by atoms with Crippen LogP contribution in [0, 0.1) is 0 Å². The number of unbranched alkanes of at least 4 members (excludes halogenated alkanes) is 45. The van der Waals surface area contributed by atoms with Gasteiger partial charge in [-0.2, -0.15) is 0 Å². The summed E-state index contributed by atoms with van der Waals surface area (Å²) in [5.74, 6) is -0.248. The normalized spacial score (nSPS) is 22.3. The zero-order valence-electron chi connectivity index (χ0n) is 63.9. The summed E-state index contributed by atoms with van der Waals surface area (Å²) in [6.45, 7) is 2.71. The van der Waals surface area contributed by atoms with Crippen molar-refractivity contribution >= 4 is 5.91 Å². The number of carbonyl (C=O) groups is 1. The predicted octanol–water partition coefficient (Wildman–Crippen LogP) is 19.5. The van der Waals surface area contributed by atoms with Crippen molar-refractivity contribution in [3.8, 4) is 0 Å². The lowest BCUT2D eigenvalue weighted by Crippen LogP contribution is -2.65. The lowest BCUT2D eigenvalue weighted by atomic mass is 9.97. The Hall–Kier alpha value is -2.83. The maximum Gasteiger partial charge on any atom is 0.220 e. The molecule has 2 aliphatic heterocycles. The molecule has 0 aromatic rings. The third-order valence-electron chi connectivity index (χ3n) is 20.0. The first kappa shape index (κ1) is 93.3. The first-order valence-corrected chi connectivity index (χ1v) is 41.8. The summed E-state index contributed by atoms with van der Waals surface area (Å²) in [5.41, 5.74) is 0. The lowest BCUT2D eigenvalue weighted by molar-refractivity contribution is -0.359. The number of hydrogen-bond donors (Lipinski definition) is 9. The summed E-state index contributed by atoms with van der Waals surface area (Å²) >= 11 is 0. The number of hydrogen-bond acceptors (Lipinski definition) is 13. The topological polar surface area (TPSA) is 228 Å². The molecule has 0 aromatic heterocycles. The van der Waals surface area contributed by atoms with E-state index in [9.17, 15) is 45.6 Å². The quantitative estimate of drug-likeness (QED) is 0.0204. The van der Waals surface area contributed by atoms with Crippen LogP contribution in [0.1, 0.15) is 361 Å². The summed E-state index contributed by atoms with van der Waals surface area (Å²) in [6, 6.07) is -0.942. The number of allylic oxidation sites excluding steroid dienone is 13. The van der Waals surface area contributed by atoms with Crippen LogP contribution in [0.2, 0.25) is 0 Å². The van der Waals surface area contributed by atoms with Crippen LogP contribution in [-0.2, 0) is 23.7 Å². The van der Waals surface area contributed by atoms with Crippen molar-refractivity contribution in [3.05, 3.63) is 85.1 Å². The van der Waals surface area contributed by atoms with E-state index in [0.717, 1.165) is 70.6 Å². The molecule has 2 aliphatic rings. The molecule has 2 heterocycles. The molecule has 2 rings (SSSR count). The monoisotopic (exact) mass is 1410 g/mol. The standard InChI is InChI=1S/C86H155NO13/c1-3-5-7-9-11-13-15-17-19-21-23-25-27-29-31-33-34-35-36-37-38-39-40-42-44-46-48-50-52-54-56-58-60-62-64-66-68-70-78(91)87-74(73-97-85-83(96)81(94)84(77(72-89)99-85)100-86-82(95)80(93)79(92)76(71-88)98-86)75(90)69-67-65-63-61-59-57-55-53-51-49-47-45-43-41-32-30-28-26-24-22-20-18-16-14-12-10-8-6-4-2/h5,7,11,13,17,19,23,25,51,53,59,61,67,69,74-77,79-86,88-90,92-96H,3-4,6,8-10,12,14-16,18,20-22,24,26-50,52,54-58,60,62-66,68,70-73H2,1-2H3,(H,87,91)/b7-5-,13-11-,19-17-,25-23-,53-51+,61-59+,69-67+. The molecule has 582 valence electrons. The van der Waals surface area contributed by atoms with Crippen molar-refractivity contribution in [3.63, 3.8) is 0 Å². The van der Waals surface area contributed by atoms with Gasteiger partial charge in [0.15, 0.2) is 12.6 Å². The highest BCUT2D eigenvalue weighted by Gasteiger charge is 2.51. The number of aliphatic hydroxyl groups is 8. The Kier molecular flexibility index (Phi) is 64.6. The number of carbonyl (C=O) groups excluding carboxylic acids is 1. The van der Waals surface area contributed by atoms with Crippen molar-refractivity contribution < 1.29 is 64.6 Å². The van der Waals surface area contributed by atoms with E-state index in [4.69, 9.17) is 18.9 Å². The van der Waals surface area contributed by atoms with Gasteiger partial charge < -0.3 is 65.1 Å². The Balaban J connectivity index is 1.60. The Morgan fingerprint density at radius 3 is 1.10 bits per heavy atom. The van der Waals surface area contributed by atoms with Crippen LogP contribution in [0.5, 0.6) is 0 Å². The van der Waals surface area contributed by atoms with Crippen LogP contribution >= 0.6 is 0 Å². The molecule has 14 nitrogen and oxygen atoms in total. The van der Waals surface area contributed by atoms with Crippen LogP contribution in [0.3, 0.4) is 0 Å². The highest BCUT2D eigenvalue weighted by Crippen LogP contribution is 2.30. The molecule has 0 saturated carbocycles. The molecule has 1 amide bonds. The number of nitrogens with one attached hydrogen (secondary N) is 1. The van der Waals surface area contributed by atoms with E-state index in [2.05, 4.69) is 92.1 Å². The fraction of sp³-hybridized carbons (Fsp3) is 0.826. The van der Waals surface area contributed by atoms with Crippen molar-refractivity contribution in [1.82, 2.24) is 5.32 Å². The minimum atomic E-state index is -1.80. The summed E-state index contributed by atoms with van der Waals surface area (Å²) in [5, 5.41) is 87.7. The smallest absolute Gasteiger partial charge is 0.220 e. The third kappa shape index (κ3) is 51.4. The van der Waals surface area contributed by atoms with Gasteiger partial charge in [-0.3, -0.25) is 4.79 Å². The Morgan fingerprint density at radius 1 is 0.370 bits per heavy atom. The molecule has 9 N–H and O–H groups in total. The van der Waals surface area contributed by atoms with Gasteiger partial charge in [-0.05, 0) is 83.5 Å². The van der Waals surface area contributed by atoms with Crippen LogP contribution < -0.4 is 5.32 Å². The van der Waals surface area contributed by atoms with Crippen molar-refractivity contribution in [2.24, 2.45) is 0 Å². The van der Waals surface area contributed by atoms with E-state index < -0.39 is 86.8 Å². The van der Waals surface area contributed by atoms with E-state index >= 15 is 0 Å². The van der Waals surface area contributed by atoms with Crippen molar-refractivity contribution in [2.45, 2.75) is 434 Å². The molecule has 100 heavy (non-hydrogen) atoms. The second kappa shape index (κ2) is 69.2. The van der Waals surface area contributed by atoms with E-state index in [1.807, 2.05) is 6.08 Å². The van der Waals surface area contributed by atoms with Crippen LogP contribution in [0.15, 0.2) is 85.1 Å². The minimum absolute atomic E-state index is 0.248.